The molecule has 31 heavy (non-hydrogen) atoms. The van der Waals surface area contributed by atoms with Crippen molar-refractivity contribution in [3.05, 3.63) is 35.4 Å². The molecule has 5 nitrogen and oxygen atoms in total. The molecule has 1 heterocycles. The molecule has 2 atom stereocenters. The number of carbonyl (C=O) groups excluding carboxylic acids is 2. The summed E-state index contributed by atoms with van der Waals surface area (Å²) in [5.74, 6) is 1.78. The van der Waals surface area contributed by atoms with Crippen LogP contribution in [0.25, 0.3) is 0 Å². The van der Waals surface area contributed by atoms with Crippen LogP contribution >= 0.6 is 0 Å². The van der Waals surface area contributed by atoms with E-state index < -0.39 is 0 Å². The highest BCUT2D eigenvalue weighted by atomic mass is 16.2. The summed E-state index contributed by atoms with van der Waals surface area (Å²) in [6.45, 7) is 4.37. The number of rotatable bonds is 5. The predicted octanol–water partition coefficient (Wildman–Crippen LogP) is 3.16. The number of likely N-dealkylation sites (N-methyl/N-ethyl adjacent to an activating group) is 1. The van der Waals surface area contributed by atoms with Crippen LogP contribution in [0.1, 0.15) is 62.5 Å². The van der Waals surface area contributed by atoms with E-state index in [4.69, 9.17) is 0 Å². The Hall–Kier alpha value is -1.88. The fraction of sp³-hybridized carbons (Fsp3) is 0.692. The molecule has 1 aromatic carbocycles. The number of carbonyl (C=O) groups is 2. The van der Waals surface area contributed by atoms with Crippen molar-refractivity contribution in [2.24, 2.45) is 17.3 Å². The number of hydrogen-bond acceptors (Lipinski definition) is 3. The first kappa shape index (κ1) is 21.0. The van der Waals surface area contributed by atoms with E-state index in [0.29, 0.717) is 24.3 Å². The van der Waals surface area contributed by atoms with E-state index in [1.54, 1.807) is 7.05 Å². The number of amides is 2. The molecule has 4 aliphatic carbocycles. The van der Waals surface area contributed by atoms with Crippen molar-refractivity contribution in [1.29, 1.82) is 0 Å². The molecule has 2 amide bonds. The van der Waals surface area contributed by atoms with Crippen LogP contribution in [0.4, 0.5) is 0 Å². The van der Waals surface area contributed by atoms with Gasteiger partial charge in [0.25, 0.3) is 0 Å². The van der Waals surface area contributed by atoms with E-state index in [-0.39, 0.29) is 22.8 Å². The lowest BCUT2D eigenvalue weighted by Gasteiger charge is -2.61. The molecule has 5 aliphatic rings. The van der Waals surface area contributed by atoms with Crippen LogP contribution in [-0.4, -0.2) is 49.4 Å². The zero-order valence-electron chi connectivity index (χ0n) is 19.1. The van der Waals surface area contributed by atoms with Crippen molar-refractivity contribution in [3.63, 3.8) is 0 Å². The van der Waals surface area contributed by atoms with Crippen LogP contribution in [0.15, 0.2) is 24.3 Å². The Morgan fingerprint density at radius 2 is 1.68 bits per heavy atom. The van der Waals surface area contributed by atoms with Gasteiger partial charge in [-0.1, -0.05) is 29.8 Å². The molecule has 0 radical (unpaired) electrons. The van der Waals surface area contributed by atoms with E-state index in [2.05, 4.69) is 46.7 Å². The lowest BCUT2D eigenvalue weighted by molar-refractivity contribution is -0.150. The summed E-state index contributed by atoms with van der Waals surface area (Å²) in [4.78, 5) is 27.5. The Bertz CT molecular complexity index is 827. The summed E-state index contributed by atoms with van der Waals surface area (Å²) < 4.78 is 0. The van der Waals surface area contributed by atoms with E-state index >= 15 is 0 Å². The Morgan fingerprint density at radius 3 is 2.29 bits per heavy atom. The van der Waals surface area contributed by atoms with Crippen LogP contribution in [-0.2, 0) is 15.0 Å². The third-order valence-corrected chi connectivity index (χ3v) is 8.78. The number of hydrogen-bond donors (Lipinski definition) is 2. The van der Waals surface area contributed by atoms with Crippen LogP contribution in [0, 0.1) is 24.2 Å². The summed E-state index contributed by atoms with van der Waals surface area (Å²) in [6.07, 6.45) is 8.91. The first-order valence-electron chi connectivity index (χ1n) is 12.2. The van der Waals surface area contributed by atoms with Gasteiger partial charge >= 0.3 is 0 Å². The van der Waals surface area contributed by atoms with Crippen molar-refractivity contribution >= 4 is 11.8 Å². The second-order valence-electron chi connectivity index (χ2n) is 11.1. The van der Waals surface area contributed by atoms with E-state index in [1.807, 2.05) is 0 Å². The number of nitrogens with zero attached hydrogens (tertiary/aromatic N) is 1. The van der Waals surface area contributed by atoms with Crippen LogP contribution < -0.4 is 10.6 Å². The number of piperidine rings is 1. The van der Waals surface area contributed by atoms with Gasteiger partial charge in [-0.2, -0.15) is 0 Å². The summed E-state index contributed by atoms with van der Waals surface area (Å²) in [5.41, 5.74) is 2.80. The number of likely N-dealkylation sites (tertiary alicyclic amines) is 1. The Morgan fingerprint density at radius 1 is 1.03 bits per heavy atom. The van der Waals surface area contributed by atoms with Gasteiger partial charge in [0.15, 0.2) is 0 Å². The lowest BCUT2D eigenvalue weighted by Crippen LogP contribution is -2.60. The maximum Gasteiger partial charge on any atom is 0.233 e. The molecule has 1 saturated heterocycles. The third kappa shape index (κ3) is 3.90. The first-order valence-corrected chi connectivity index (χ1v) is 12.2. The van der Waals surface area contributed by atoms with Gasteiger partial charge in [0.05, 0.1) is 12.0 Å². The minimum Gasteiger partial charge on any atom is -0.358 e. The highest BCUT2D eigenvalue weighted by Gasteiger charge is 2.61. The van der Waals surface area contributed by atoms with Gasteiger partial charge < -0.3 is 10.6 Å². The maximum absolute atomic E-state index is 13.7. The molecule has 0 aromatic heterocycles. The van der Waals surface area contributed by atoms with Gasteiger partial charge in [-0.05, 0) is 81.1 Å². The zero-order chi connectivity index (χ0) is 21.6. The second-order valence-corrected chi connectivity index (χ2v) is 11.1. The molecule has 2 N–H and O–H groups in total. The molecule has 2 unspecified atom stereocenters. The lowest BCUT2D eigenvalue weighted by atomic mass is 9.42. The van der Waals surface area contributed by atoms with E-state index in [1.165, 1.54) is 30.4 Å². The molecule has 1 aromatic rings. The molecular weight excluding hydrogens is 386 g/mol. The first-order chi connectivity index (χ1) is 14.9. The van der Waals surface area contributed by atoms with Gasteiger partial charge in [0, 0.05) is 26.2 Å². The summed E-state index contributed by atoms with van der Waals surface area (Å²) in [7, 11) is 1.68. The van der Waals surface area contributed by atoms with Gasteiger partial charge in [-0.15, -0.1) is 0 Å². The van der Waals surface area contributed by atoms with Crippen LogP contribution in [0.2, 0.25) is 0 Å². The van der Waals surface area contributed by atoms with Crippen LogP contribution in [0.3, 0.4) is 0 Å². The number of benzene rings is 1. The Labute approximate surface area is 186 Å². The Balaban J connectivity index is 1.27. The molecule has 5 heteroatoms. The zero-order valence-corrected chi connectivity index (χ0v) is 19.1. The van der Waals surface area contributed by atoms with Crippen molar-refractivity contribution in [2.45, 2.75) is 69.7 Å². The summed E-state index contributed by atoms with van der Waals surface area (Å²) >= 11 is 0. The average Bonchev–Trinajstić information content (AvgIpc) is 2.74. The fourth-order valence-corrected chi connectivity index (χ4v) is 7.63. The highest BCUT2D eigenvalue weighted by Crippen LogP contribution is 2.65. The van der Waals surface area contributed by atoms with Crippen LogP contribution in [0.5, 0.6) is 0 Å². The smallest absolute Gasteiger partial charge is 0.233 e. The molecule has 4 saturated carbocycles. The largest absolute Gasteiger partial charge is 0.358 e. The molecule has 5 fully saturated rings. The average molecular weight is 424 g/mol. The molecule has 168 valence electrons. The third-order valence-electron chi connectivity index (χ3n) is 8.78. The predicted molar refractivity (Wildman–Crippen MR) is 122 cm³/mol. The van der Waals surface area contributed by atoms with Gasteiger partial charge in [-0.3, -0.25) is 14.5 Å². The second kappa shape index (κ2) is 7.91. The van der Waals surface area contributed by atoms with Crippen molar-refractivity contribution in [3.8, 4) is 0 Å². The van der Waals surface area contributed by atoms with Crippen molar-refractivity contribution < 1.29 is 9.59 Å². The molecule has 4 bridgehead atoms. The minimum absolute atomic E-state index is 0.0671. The van der Waals surface area contributed by atoms with Gasteiger partial charge in [0.1, 0.15) is 0 Å². The summed E-state index contributed by atoms with van der Waals surface area (Å²) in [5, 5.41) is 6.18. The topological polar surface area (TPSA) is 61.4 Å². The molecule has 0 spiro atoms. The Kier molecular flexibility index (Phi) is 5.36. The number of aryl methyl sites for hydroxylation is 1. The molecule has 6 rings (SSSR count). The monoisotopic (exact) mass is 423 g/mol. The fourth-order valence-electron chi connectivity index (χ4n) is 7.63. The van der Waals surface area contributed by atoms with Gasteiger partial charge in [-0.25, -0.2) is 0 Å². The number of nitrogens with one attached hydrogen (secondary N) is 2. The highest BCUT2D eigenvalue weighted by molar-refractivity contribution is 5.84. The van der Waals surface area contributed by atoms with Gasteiger partial charge in [0.2, 0.25) is 11.8 Å². The van der Waals surface area contributed by atoms with E-state index in [9.17, 15) is 9.59 Å². The maximum atomic E-state index is 13.7. The summed E-state index contributed by atoms with van der Waals surface area (Å²) in [6, 6.07) is 9.39. The normalized spacial score (nSPS) is 35.2. The standard InChI is InChI=1S/C26H37N3O2/c1-18-3-5-21(6-4-18)25-12-19-11-20(13-25)15-26(14-19,17-25)24(31)28-22-7-9-29(10-8-22)16-23(30)27-2/h3-6,19-20,22H,7-17H2,1-2H3,(H,27,30)(H,28,31). The van der Waals surface area contributed by atoms with Crippen molar-refractivity contribution in [1.82, 2.24) is 15.5 Å². The van der Waals surface area contributed by atoms with Crippen molar-refractivity contribution in [2.75, 3.05) is 26.7 Å². The minimum atomic E-state index is -0.172. The molecule has 1 aliphatic heterocycles. The quantitative estimate of drug-likeness (QED) is 0.765. The van der Waals surface area contributed by atoms with E-state index in [0.717, 1.165) is 45.2 Å². The SMILES string of the molecule is CNC(=O)CN1CCC(NC(=O)C23CC4CC(C2)CC(c2ccc(C)cc2)(C4)C3)CC1. The molecular formula is C26H37N3O2.